The second kappa shape index (κ2) is 20.8. The average molecular weight is 426 g/mol. The Bertz CT molecular complexity index is 427. The smallest absolute Gasteiger partial charge is 0.339 e. The minimum Gasteiger partial charge on any atom is -0.481 e. The molecule has 0 aromatic rings. The van der Waals surface area contributed by atoms with E-state index in [1.54, 1.807) is 0 Å². The number of nitrogens with one attached hydrogen (secondary N) is 1. The lowest BCUT2D eigenvalue weighted by atomic mass is 10.0. The third-order valence-corrected chi connectivity index (χ3v) is 4.72. The number of unbranched alkanes of at least 4 members (excludes halogenated alkanes) is 12. The number of aliphatic carboxylic acids is 2. The van der Waals surface area contributed by atoms with Crippen LogP contribution in [0.3, 0.4) is 0 Å². The molecule has 0 unspecified atom stereocenters. The van der Waals surface area contributed by atoms with Crippen LogP contribution in [0.5, 0.6) is 0 Å². The Morgan fingerprint density at radius 1 is 0.714 bits per heavy atom. The maximum atomic E-state index is 10.3. The fourth-order valence-corrected chi connectivity index (χ4v) is 3.01. The van der Waals surface area contributed by atoms with E-state index >= 15 is 0 Å². The van der Waals surface area contributed by atoms with E-state index in [2.05, 4.69) is 12.2 Å². The zero-order valence-corrected chi connectivity index (χ0v) is 18.2. The number of carbonyl (C=O) groups is 2. The van der Waals surface area contributed by atoms with Crippen LogP contribution in [0.25, 0.3) is 0 Å². The second-order valence-corrected chi connectivity index (χ2v) is 8.68. The molecule has 0 aliphatic carbocycles. The minimum atomic E-state index is -4.10. The van der Waals surface area contributed by atoms with Gasteiger partial charge in [0.2, 0.25) is 0 Å². The third kappa shape index (κ3) is 32.7. The van der Waals surface area contributed by atoms with Crippen LogP contribution in [-0.4, -0.2) is 44.8 Å². The van der Waals surface area contributed by atoms with Gasteiger partial charge in [-0.3, -0.25) is 19.5 Å². The van der Waals surface area contributed by atoms with Gasteiger partial charge in [0.25, 0.3) is 0 Å². The van der Waals surface area contributed by atoms with Crippen molar-refractivity contribution >= 4 is 19.5 Å². The van der Waals surface area contributed by atoms with Crippen LogP contribution < -0.4 is 5.32 Å². The van der Waals surface area contributed by atoms with E-state index < -0.39 is 32.4 Å². The van der Waals surface area contributed by atoms with Crippen molar-refractivity contribution in [1.82, 2.24) is 5.32 Å². The molecule has 0 aliphatic heterocycles. The fourth-order valence-electron chi connectivity index (χ4n) is 2.60. The Morgan fingerprint density at radius 2 is 1.11 bits per heavy atom. The Kier molecular flexibility index (Phi) is 21.7. The van der Waals surface area contributed by atoms with Crippen molar-refractivity contribution in [1.29, 1.82) is 0 Å². The van der Waals surface area contributed by atoms with Gasteiger partial charge in [-0.1, -0.05) is 84.0 Å². The highest BCUT2D eigenvalue weighted by molar-refractivity contribution is 7.51. The fraction of sp³-hybridized carbons (Fsp3) is 0.895. The number of hydrogen-bond acceptors (Lipinski definition) is 4. The number of rotatable bonds is 18. The zero-order chi connectivity index (χ0) is 21.7. The van der Waals surface area contributed by atoms with Crippen molar-refractivity contribution in [3.05, 3.63) is 0 Å². The Balaban J connectivity index is 0. The van der Waals surface area contributed by atoms with E-state index in [1.807, 2.05) is 0 Å². The predicted octanol–water partition coefficient (Wildman–Crippen LogP) is 4.35. The molecule has 5 N–H and O–H groups in total. The molecule has 0 aromatic heterocycles. The lowest BCUT2D eigenvalue weighted by molar-refractivity contribution is -0.137. The summed E-state index contributed by atoms with van der Waals surface area (Å²) in [4.78, 5) is 36.4. The number of carboxylic acids is 2. The molecule has 8 nitrogen and oxygen atoms in total. The quantitative estimate of drug-likeness (QED) is 0.161. The Morgan fingerprint density at radius 3 is 1.43 bits per heavy atom. The largest absolute Gasteiger partial charge is 0.481 e. The summed E-state index contributed by atoms with van der Waals surface area (Å²) in [6.07, 6.45) is 16.7. The zero-order valence-electron chi connectivity index (χ0n) is 17.3. The van der Waals surface area contributed by atoms with E-state index in [0.717, 1.165) is 12.8 Å². The molecule has 0 heterocycles. The van der Waals surface area contributed by atoms with Crippen molar-refractivity contribution in [2.24, 2.45) is 0 Å². The van der Waals surface area contributed by atoms with Crippen LogP contribution in [0.4, 0.5) is 0 Å². The molecule has 0 saturated heterocycles. The number of hydrogen-bond donors (Lipinski definition) is 5. The summed E-state index contributed by atoms with van der Waals surface area (Å²) in [5.74, 6) is -1.80. The van der Waals surface area contributed by atoms with Crippen LogP contribution in [0, 0.1) is 0 Å². The molecule has 0 radical (unpaired) electrons. The summed E-state index contributed by atoms with van der Waals surface area (Å²) in [6.45, 7) is 1.82. The maximum absolute atomic E-state index is 10.3. The van der Waals surface area contributed by atoms with Gasteiger partial charge >= 0.3 is 19.5 Å². The molecule has 0 atom stereocenters. The van der Waals surface area contributed by atoms with Gasteiger partial charge in [-0.05, 0) is 6.42 Å². The van der Waals surface area contributed by atoms with Crippen LogP contribution in [0.2, 0.25) is 0 Å². The highest BCUT2D eigenvalue weighted by Gasteiger charge is 2.11. The molecule has 0 rings (SSSR count). The molecular formula is C19H40NO7P. The molecule has 0 spiro atoms. The highest BCUT2D eigenvalue weighted by Crippen LogP contribution is 2.31. The van der Waals surface area contributed by atoms with Crippen molar-refractivity contribution < 1.29 is 34.2 Å². The first-order chi connectivity index (χ1) is 13.2. The lowest BCUT2D eigenvalue weighted by Gasteiger charge is -2.02. The van der Waals surface area contributed by atoms with Crippen molar-refractivity contribution in [3.63, 3.8) is 0 Å². The molecule has 0 aliphatic rings. The van der Waals surface area contributed by atoms with Crippen molar-refractivity contribution in [2.45, 2.75) is 96.8 Å². The van der Waals surface area contributed by atoms with Gasteiger partial charge < -0.3 is 20.0 Å². The van der Waals surface area contributed by atoms with Gasteiger partial charge in [0.1, 0.15) is 0 Å². The van der Waals surface area contributed by atoms with Gasteiger partial charge in [-0.25, -0.2) is 0 Å². The average Bonchev–Trinajstić information content (AvgIpc) is 2.58. The molecule has 0 fully saturated rings. The first kappa shape index (κ1) is 29.3. The summed E-state index contributed by atoms with van der Waals surface area (Å²) in [5.41, 5.74) is 0. The summed E-state index contributed by atoms with van der Waals surface area (Å²) < 4.78 is 10.1. The van der Waals surface area contributed by atoms with Gasteiger partial charge in [0.05, 0.1) is 12.8 Å². The minimum absolute atomic E-state index is 0.345. The predicted molar refractivity (Wildman–Crippen MR) is 110 cm³/mol. The first-order valence-electron chi connectivity index (χ1n) is 10.4. The van der Waals surface area contributed by atoms with E-state index in [1.165, 1.54) is 70.6 Å². The van der Waals surface area contributed by atoms with E-state index in [4.69, 9.17) is 20.0 Å². The monoisotopic (exact) mass is 425 g/mol. The lowest BCUT2D eigenvalue weighted by Crippen LogP contribution is -2.23. The molecule has 9 heteroatoms. The molecule has 168 valence electrons. The van der Waals surface area contributed by atoms with Crippen molar-refractivity contribution in [3.8, 4) is 0 Å². The Hall–Kier alpha value is -0.950. The first-order valence-corrected chi connectivity index (χ1v) is 12.2. The summed E-state index contributed by atoms with van der Waals surface area (Å²) in [6, 6.07) is 0. The van der Waals surface area contributed by atoms with E-state index in [9.17, 15) is 14.2 Å². The molecule has 0 bridgehead atoms. The summed E-state index contributed by atoms with van der Waals surface area (Å²) in [7, 11) is -4.10. The molecule has 0 amide bonds. The summed E-state index contributed by atoms with van der Waals surface area (Å²) in [5, 5.41) is 18.5. The summed E-state index contributed by atoms with van der Waals surface area (Å²) >= 11 is 0. The standard InChI is InChI=1S/C16H32O2.C3H8NO5P/c1-2-3-4-5-6-7-8-9-10-11-12-13-14-15-16(17)18;5-3(6)1-4-2-10(7,8)9/h2-15H2,1H3,(H,17,18);4H,1-2H2,(H,5,6)(H2,7,8,9). The van der Waals surface area contributed by atoms with Gasteiger partial charge in [0.15, 0.2) is 0 Å². The topological polar surface area (TPSA) is 144 Å². The Labute approximate surface area is 169 Å². The van der Waals surface area contributed by atoms with E-state index in [-0.39, 0.29) is 0 Å². The van der Waals surface area contributed by atoms with Gasteiger partial charge in [0, 0.05) is 6.42 Å². The van der Waals surface area contributed by atoms with Crippen LogP contribution in [-0.2, 0) is 14.2 Å². The highest BCUT2D eigenvalue weighted by atomic mass is 31.2. The third-order valence-electron chi connectivity index (χ3n) is 4.09. The van der Waals surface area contributed by atoms with Crippen LogP contribution in [0.15, 0.2) is 0 Å². The maximum Gasteiger partial charge on any atom is 0.339 e. The second-order valence-electron chi connectivity index (χ2n) is 7.03. The molecule has 28 heavy (non-hydrogen) atoms. The SMILES string of the molecule is CCCCCCCCCCCCCCCC(=O)O.O=C(O)CNCP(=O)(O)O. The van der Waals surface area contributed by atoms with E-state index in [0.29, 0.717) is 6.42 Å². The molecular weight excluding hydrogens is 385 g/mol. The van der Waals surface area contributed by atoms with Gasteiger partial charge in [-0.2, -0.15) is 0 Å². The van der Waals surface area contributed by atoms with Crippen LogP contribution in [0.1, 0.15) is 96.8 Å². The van der Waals surface area contributed by atoms with Crippen molar-refractivity contribution in [2.75, 3.05) is 12.8 Å². The number of carboxylic acid groups (broad SMARTS) is 2. The van der Waals surface area contributed by atoms with Gasteiger partial charge in [-0.15, -0.1) is 0 Å². The molecule has 0 saturated carbocycles. The molecule has 0 aromatic carbocycles. The normalized spacial score (nSPS) is 11.0. The van der Waals surface area contributed by atoms with Crippen LogP contribution >= 0.6 is 7.60 Å².